The number of nitrogens with zero attached hydrogens (tertiary/aromatic N) is 2. The van der Waals surface area contributed by atoms with E-state index in [2.05, 4.69) is 5.10 Å². The Kier molecular flexibility index (Phi) is 5.14. The maximum Gasteiger partial charge on any atom is 0.243 e. The van der Waals surface area contributed by atoms with Gasteiger partial charge in [-0.1, -0.05) is 18.2 Å². The number of carbonyl (C=O) groups is 2. The molecule has 1 aromatic carbocycles. The van der Waals surface area contributed by atoms with Gasteiger partial charge in [0.1, 0.15) is 5.75 Å². The van der Waals surface area contributed by atoms with Crippen LogP contribution < -0.4 is 9.84 Å². The number of carboxylic acid groups (broad SMARTS) is 1. The van der Waals surface area contributed by atoms with Gasteiger partial charge in [0.25, 0.3) is 0 Å². The molecule has 0 aliphatic carbocycles. The summed E-state index contributed by atoms with van der Waals surface area (Å²) in [7, 11) is 1.60. The molecule has 0 fully saturated rings. The molecule has 25 heavy (non-hydrogen) atoms. The van der Waals surface area contributed by atoms with Crippen LogP contribution in [0, 0.1) is 0 Å². The topological polar surface area (TPSA) is 82.0 Å². The van der Waals surface area contributed by atoms with Crippen LogP contribution in [0.4, 0.5) is 0 Å². The molecule has 1 amide bonds. The van der Waals surface area contributed by atoms with Crippen LogP contribution in [0.5, 0.6) is 5.75 Å². The Bertz CT molecular complexity index is 784. The third kappa shape index (κ3) is 3.88. The lowest BCUT2D eigenvalue weighted by Gasteiger charge is -2.22. The molecule has 1 aromatic heterocycles. The summed E-state index contributed by atoms with van der Waals surface area (Å²) in [6, 6.07) is 11.1. The second-order valence-corrected chi connectivity index (χ2v) is 6.58. The Labute approximate surface area is 149 Å². The quantitative estimate of drug-likeness (QED) is 0.791. The van der Waals surface area contributed by atoms with Crippen LogP contribution in [-0.4, -0.2) is 29.7 Å². The van der Waals surface area contributed by atoms with Gasteiger partial charge in [0.15, 0.2) is 0 Å². The second kappa shape index (κ2) is 7.48. The van der Waals surface area contributed by atoms with Crippen LogP contribution >= 0.6 is 11.3 Å². The number of rotatable bonds is 6. The molecule has 0 spiro atoms. The van der Waals surface area contributed by atoms with Gasteiger partial charge in [-0.15, -0.1) is 11.3 Å². The minimum absolute atomic E-state index is 0.129. The lowest BCUT2D eigenvalue weighted by atomic mass is 10.0. The van der Waals surface area contributed by atoms with E-state index in [-0.39, 0.29) is 24.8 Å². The molecule has 0 radical (unpaired) electrons. The number of carboxylic acids is 1. The highest BCUT2D eigenvalue weighted by molar-refractivity contribution is 7.12. The standard InChI is InChI=1S/C18H18N2O4S/c1-24-13-6-4-12(5-7-13)15-11-14(16-3-2-10-25-16)19-20(15)17(21)8-9-18(22)23/h2-7,10,15H,8-9,11H2,1H3,(H,22,23)/p-1/t15-/m1/s1. The van der Waals surface area contributed by atoms with E-state index in [1.807, 2.05) is 41.8 Å². The van der Waals surface area contributed by atoms with Gasteiger partial charge in [-0.05, 0) is 35.6 Å². The maximum absolute atomic E-state index is 12.5. The van der Waals surface area contributed by atoms with Crippen molar-refractivity contribution >= 4 is 28.9 Å². The predicted octanol–water partition coefficient (Wildman–Crippen LogP) is 1.96. The number of ether oxygens (including phenoxy) is 1. The molecule has 1 aliphatic heterocycles. The Morgan fingerprint density at radius 2 is 2.04 bits per heavy atom. The zero-order valence-electron chi connectivity index (χ0n) is 13.7. The second-order valence-electron chi connectivity index (χ2n) is 5.63. The van der Waals surface area contributed by atoms with E-state index in [4.69, 9.17) is 4.74 Å². The van der Waals surface area contributed by atoms with Crippen molar-refractivity contribution in [3.63, 3.8) is 0 Å². The lowest BCUT2D eigenvalue weighted by Crippen LogP contribution is -2.29. The molecule has 0 N–H and O–H groups in total. The normalized spacial score (nSPS) is 16.6. The maximum atomic E-state index is 12.5. The van der Waals surface area contributed by atoms with Gasteiger partial charge in [0, 0.05) is 18.8 Å². The Morgan fingerprint density at radius 1 is 1.28 bits per heavy atom. The smallest absolute Gasteiger partial charge is 0.243 e. The summed E-state index contributed by atoms with van der Waals surface area (Å²) in [4.78, 5) is 24.1. The number of aliphatic carboxylic acids is 1. The number of thiophene rings is 1. The van der Waals surface area contributed by atoms with Gasteiger partial charge < -0.3 is 14.6 Å². The van der Waals surface area contributed by atoms with Crippen molar-refractivity contribution in [3.05, 3.63) is 52.2 Å². The summed E-state index contributed by atoms with van der Waals surface area (Å²) in [5.74, 6) is -0.830. The summed E-state index contributed by atoms with van der Waals surface area (Å²) >= 11 is 1.56. The molecular weight excluding hydrogens is 340 g/mol. The first-order valence-corrected chi connectivity index (χ1v) is 8.73. The van der Waals surface area contributed by atoms with Gasteiger partial charge in [-0.25, -0.2) is 5.01 Å². The predicted molar refractivity (Wildman–Crippen MR) is 92.3 cm³/mol. The van der Waals surface area contributed by atoms with Crippen LogP contribution in [0.1, 0.15) is 35.7 Å². The van der Waals surface area contributed by atoms with E-state index in [9.17, 15) is 14.7 Å². The molecule has 1 atom stereocenters. The molecule has 2 heterocycles. The summed E-state index contributed by atoms with van der Waals surface area (Å²) < 4.78 is 5.17. The van der Waals surface area contributed by atoms with Crippen LogP contribution in [0.2, 0.25) is 0 Å². The van der Waals surface area contributed by atoms with Gasteiger partial charge in [-0.2, -0.15) is 5.10 Å². The zero-order valence-corrected chi connectivity index (χ0v) is 14.5. The molecule has 0 bridgehead atoms. The Hall–Kier alpha value is -2.67. The Balaban J connectivity index is 1.86. The fourth-order valence-corrected chi connectivity index (χ4v) is 3.46. The fraction of sp³-hybridized carbons (Fsp3) is 0.278. The fourth-order valence-electron chi connectivity index (χ4n) is 2.74. The number of amides is 1. The first-order valence-electron chi connectivity index (χ1n) is 7.85. The number of methoxy groups -OCH3 is 1. The molecule has 130 valence electrons. The van der Waals surface area contributed by atoms with E-state index < -0.39 is 5.97 Å². The number of carbonyl (C=O) groups excluding carboxylic acids is 2. The van der Waals surface area contributed by atoms with Gasteiger partial charge in [0.05, 0.1) is 23.7 Å². The summed E-state index contributed by atoms with van der Waals surface area (Å²) in [6.45, 7) is 0. The monoisotopic (exact) mass is 357 g/mol. The van der Waals surface area contributed by atoms with E-state index in [0.717, 1.165) is 21.9 Å². The first kappa shape index (κ1) is 17.2. The molecule has 1 aliphatic rings. The average Bonchev–Trinajstić information content (AvgIpc) is 3.29. The van der Waals surface area contributed by atoms with Crippen molar-refractivity contribution < 1.29 is 19.4 Å². The minimum atomic E-state index is -1.24. The Morgan fingerprint density at radius 3 is 2.64 bits per heavy atom. The molecular formula is C18H17N2O4S-. The van der Waals surface area contributed by atoms with Crippen molar-refractivity contribution in [2.75, 3.05) is 7.11 Å². The molecule has 3 rings (SSSR count). The third-order valence-corrected chi connectivity index (χ3v) is 4.93. The van der Waals surface area contributed by atoms with Crippen molar-refractivity contribution in [2.45, 2.75) is 25.3 Å². The number of hydrogen-bond donors (Lipinski definition) is 0. The van der Waals surface area contributed by atoms with Crippen molar-refractivity contribution in [1.82, 2.24) is 5.01 Å². The molecule has 0 saturated heterocycles. The zero-order chi connectivity index (χ0) is 17.8. The molecule has 0 unspecified atom stereocenters. The van der Waals surface area contributed by atoms with Crippen LogP contribution in [0.3, 0.4) is 0 Å². The third-order valence-electron chi connectivity index (χ3n) is 4.02. The SMILES string of the molecule is COc1ccc([C@H]2CC(c3cccs3)=NN2C(=O)CCC(=O)[O-])cc1. The average molecular weight is 357 g/mol. The van der Waals surface area contributed by atoms with Gasteiger partial charge >= 0.3 is 0 Å². The molecule has 6 nitrogen and oxygen atoms in total. The van der Waals surface area contributed by atoms with E-state index in [0.29, 0.717) is 6.42 Å². The van der Waals surface area contributed by atoms with Crippen LogP contribution in [-0.2, 0) is 9.59 Å². The van der Waals surface area contributed by atoms with E-state index >= 15 is 0 Å². The minimum Gasteiger partial charge on any atom is -0.550 e. The lowest BCUT2D eigenvalue weighted by molar-refractivity contribution is -0.305. The largest absolute Gasteiger partial charge is 0.550 e. The van der Waals surface area contributed by atoms with Crippen LogP contribution in [0.15, 0.2) is 46.9 Å². The molecule has 0 saturated carbocycles. The molecule has 2 aromatic rings. The van der Waals surface area contributed by atoms with Gasteiger partial charge in [0.2, 0.25) is 5.91 Å². The van der Waals surface area contributed by atoms with E-state index in [1.54, 1.807) is 18.4 Å². The number of hydrogen-bond acceptors (Lipinski definition) is 6. The van der Waals surface area contributed by atoms with Gasteiger partial charge in [-0.3, -0.25) is 4.79 Å². The highest BCUT2D eigenvalue weighted by atomic mass is 32.1. The number of benzene rings is 1. The first-order chi connectivity index (χ1) is 12.1. The molecule has 7 heteroatoms. The summed E-state index contributed by atoms with van der Waals surface area (Å²) in [6.07, 6.45) is 0.147. The highest BCUT2D eigenvalue weighted by Gasteiger charge is 2.33. The van der Waals surface area contributed by atoms with E-state index in [1.165, 1.54) is 5.01 Å². The van der Waals surface area contributed by atoms with Crippen LogP contribution in [0.25, 0.3) is 0 Å². The van der Waals surface area contributed by atoms with Crippen molar-refractivity contribution in [1.29, 1.82) is 0 Å². The summed E-state index contributed by atoms with van der Waals surface area (Å²) in [5.41, 5.74) is 1.76. The summed E-state index contributed by atoms with van der Waals surface area (Å²) in [5, 5.41) is 18.5. The van der Waals surface area contributed by atoms with Crippen molar-refractivity contribution in [2.24, 2.45) is 5.10 Å². The number of hydrazone groups is 1. The van der Waals surface area contributed by atoms with Crippen molar-refractivity contribution in [3.8, 4) is 5.75 Å². The highest BCUT2D eigenvalue weighted by Crippen LogP contribution is 2.34.